The Balaban J connectivity index is 2.18. The number of aromatic amines is 1. The average molecular weight is 256 g/mol. The van der Waals surface area contributed by atoms with Crippen LogP contribution in [-0.2, 0) is 6.54 Å². The summed E-state index contributed by atoms with van der Waals surface area (Å²) in [5.41, 5.74) is 2.05. The van der Waals surface area contributed by atoms with Crippen LogP contribution < -0.4 is 11.3 Å². The standard InChI is InChI=1S/C14H12N2O3/c1-9-7-11-12(15-14(18)19-11)13(17)16(9)8-10-5-3-2-4-6-10/h2-7H,8H2,1H3,(H,15,18). The molecule has 3 rings (SSSR count). The Labute approximate surface area is 108 Å². The molecule has 0 aliphatic rings. The SMILES string of the molecule is Cc1cc2oc(=O)[nH]c2c(=O)n1Cc1ccccc1. The number of aromatic nitrogens is 2. The van der Waals surface area contributed by atoms with E-state index in [1.165, 1.54) is 0 Å². The Morgan fingerprint density at radius 3 is 2.68 bits per heavy atom. The van der Waals surface area contributed by atoms with E-state index >= 15 is 0 Å². The van der Waals surface area contributed by atoms with Gasteiger partial charge < -0.3 is 8.98 Å². The zero-order valence-corrected chi connectivity index (χ0v) is 10.3. The highest BCUT2D eigenvalue weighted by molar-refractivity contribution is 5.71. The molecule has 0 saturated heterocycles. The van der Waals surface area contributed by atoms with E-state index < -0.39 is 5.76 Å². The first-order chi connectivity index (χ1) is 9.15. The summed E-state index contributed by atoms with van der Waals surface area (Å²) in [5.74, 6) is -0.607. The molecule has 0 bridgehead atoms. The van der Waals surface area contributed by atoms with Crippen LogP contribution in [0.15, 0.2) is 50.4 Å². The summed E-state index contributed by atoms with van der Waals surface area (Å²) < 4.78 is 6.52. The van der Waals surface area contributed by atoms with Crippen LogP contribution in [0.2, 0.25) is 0 Å². The van der Waals surface area contributed by atoms with Crippen molar-refractivity contribution in [1.29, 1.82) is 0 Å². The Kier molecular flexibility index (Phi) is 2.59. The van der Waals surface area contributed by atoms with Gasteiger partial charge in [0.25, 0.3) is 5.56 Å². The molecule has 0 aliphatic carbocycles. The molecule has 0 fully saturated rings. The molecule has 0 aliphatic heterocycles. The molecule has 96 valence electrons. The van der Waals surface area contributed by atoms with Gasteiger partial charge in [0, 0.05) is 11.8 Å². The van der Waals surface area contributed by atoms with E-state index in [0.717, 1.165) is 11.3 Å². The molecule has 19 heavy (non-hydrogen) atoms. The fraction of sp³-hybridized carbons (Fsp3) is 0.143. The monoisotopic (exact) mass is 256 g/mol. The van der Waals surface area contributed by atoms with Gasteiger partial charge in [0.1, 0.15) is 0 Å². The predicted octanol–water partition coefficient (Wildman–Crippen LogP) is 1.64. The van der Waals surface area contributed by atoms with Gasteiger partial charge in [-0.15, -0.1) is 0 Å². The third kappa shape index (κ3) is 1.99. The first-order valence-electron chi connectivity index (χ1n) is 5.92. The maximum Gasteiger partial charge on any atom is 0.417 e. The number of nitrogens with zero attached hydrogens (tertiary/aromatic N) is 1. The normalized spacial score (nSPS) is 11.0. The van der Waals surface area contributed by atoms with Crippen LogP contribution in [-0.4, -0.2) is 9.55 Å². The van der Waals surface area contributed by atoms with E-state index in [1.807, 2.05) is 37.3 Å². The molecule has 2 heterocycles. The Morgan fingerprint density at radius 2 is 1.95 bits per heavy atom. The Hall–Kier alpha value is -2.56. The van der Waals surface area contributed by atoms with Crippen LogP contribution in [0.25, 0.3) is 11.1 Å². The van der Waals surface area contributed by atoms with Crippen molar-refractivity contribution in [3.05, 3.63) is 68.6 Å². The largest absolute Gasteiger partial charge is 0.417 e. The molecule has 0 spiro atoms. The molecule has 0 unspecified atom stereocenters. The number of hydrogen-bond donors (Lipinski definition) is 1. The molecule has 0 radical (unpaired) electrons. The summed E-state index contributed by atoms with van der Waals surface area (Å²) >= 11 is 0. The molecule has 0 atom stereocenters. The van der Waals surface area contributed by atoms with Crippen molar-refractivity contribution < 1.29 is 4.42 Å². The van der Waals surface area contributed by atoms with Crippen molar-refractivity contribution in [2.75, 3.05) is 0 Å². The van der Waals surface area contributed by atoms with Gasteiger partial charge in [-0.3, -0.25) is 9.78 Å². The molecular formula is C14H12N2O3. The zero-order valence-electron chi connectivity index (χ0n) is 10.3. The van der Waals surface area contributed by atoms with Crippen LogP contribution in [0.3, 0.4) is 0 Å². The van der Waals surface area contributed by atoms with Gasteiger partial charge in [-0.2, -0.15) is 0 Å². The molecule has 3 aromatic rings. The van der Waals surface area contributed by atoms with E-state index in [4.69, 9.17) is 4.42 Å². The van der Waals surface area contributed by atoms with Gasteiger partial charge in [0.05, 0.1) is 6.54 Å². The highest BCUT2D eigenvalue weighted by Gasteiger charge is 2.11. The highest BCUT2D eigenvalue weighted by Crippen LogP contribution is 2.09. The zero-order chi connectivity index (χ0) is 13.4. The Bertz CT molecular complexity index is 840. The topological polar surface area (TPSA) is 68.0 Å². The molecule has 5 nitrogen and oxygen atoms in total. The van der Waals surface area contributed by atoms with Crippen LogP contribution >= 0.6 is 0 Å². The fourth-order valence-corrected chi connectivity index (χ4v) is 2.13. The second kappa shape index (κ2) is 4.28. The van der Waals surface area contributed by atoms with Gasteiger partial charge >= 0.3 is 5.76 Å². The van der Waals surface area contributed by atoms with E-state index in [0.29, 0.717) is 12.1 Å². The lowest BCUT2D eigenvalue weighted by Crippen LogP contribution is -2.23. The van der Waals surface area contributed by atoms with Crippen molar-refractivity contribution in [2.24, 2.45) is 0 Å². The molecule has 1 aromatic carbocycles. The first kappa shape index (κ1) is 11.5. The van der Waals surface area contributed by atoms with Gasteiger partial charge in [-0.05, 0) is 12.5 Å². The van der Waals surface area contributed by atoms with Crippen molar-refractivity contribution in [3.63, 3.8) is 0 Å². The minimum absolute atomic E-state index is 0.214. The van der Waals surface area contributed by atoms with Crippen molar-refractivity contribution in [2.45, 2.75) is 13.5 Å². The second-order valence-corrected chi connectivity index (χ2v) is 4.42. The fourth-order valence-electron chi connectivity index (χ4n) is 2.13. The smallest absolute Gasteiger partial charge is 0.408 e. The molecule has 0 amide bonds. The van der Waals surface area contributed by atoms with Crippen LogP contribution in [0.1, 0.15) is 11.3 Å². The van der Waals surface area contributed by atoms with Crippen LogP contribution in [0, 0.1) is 6.92 Å². The summed E-state index contributed by atoms with van der Waals surface area (Å²) in [4.78, 5) is 25.9. The molecular weight excluding hydrogens is 244 g/mol. The number of hydrogen-bond acceptors (Lipinski definition) is 3. The summed E-state index contributed by atoms with van der Waals surface area (Å²) in [5, 5.41) is 0. The number of fused-ring (bicyclic) bond motifs is 1. The van der Waals surface area contributed by atoms with E-state index in [9.17, 15) is 9.59 Å². The number of aryl methyl sites for hydroxylation is 1. The van der Waals surface area contributed by atoms with Gasteiger partial charge in [0.2, 0.25) is 0 Å². The number of nitrogens with one attached hydrogen (secondary N) is 1. The molecule has 1 N–H and O–H groups in total. The van der Waals surface area contributed by atoms with Crippen LogP contribution in [0.4, 0.5) is 0 Å². The van der Waals surface area contributed by atoms with Crippen molar-refractivity contribution >= 4 is 11.1 Å². The van der Waals surface area contributed by atoms with Gasteiger partial charge in [-0.25, -0.2) is 4.79 Å². The van der Waals surface area contributed by atoms with Gasteiger partial charge in [0.15, 0.2) is 11.1 Å². The summed E-state index contributed by atoms with van der Waals surface area (Å²) in [6, 6.07) is 11.4. The summed E-state index contributed by atoms with van der Waals surface area (Å²) in [6.45, 7) is 2.28. The maximum atomic E-state index is 12.3. The third-order valence-corrected chi connectivity index (χ3v) is 3.08. The number of H-pyrrole nitrogens is 1. The first-order valence-corrected chi connectivity index (χ1v) is 5.92. The third-order valence-electron chi connectivity index (χ3n) is 3.08. The minimum atomic E-state index is -0.607. The number of pyridine rings is 1. The van der Waals surface area contributed by atoms with E-state index in [-0.39, 0.29) is 11.1 Å². The molecule has 2 aromatic heterocycles. The second-order valence-electron chi connectivity index (χ2n) is 4.42. The number of rotatable bonds is 2. The van der Waals surface area contributed by atoms with Gasteiger partial charge in [-0.1, -0.05) is 30.3 Å². The summed E-state index contributed by atoms with van der Waals surface area (Å²) in [6.07, 6.45) is 0. The van der Waals surface area contributed by atoms with Crippen molar-refractivity contribution in [3.8, 4) is 0 Å². The van der Waals surface area contributed by atoms with E-state index in [1.54, 1.807) is 10.6 Å². The molecule has 0 saturated carbocycles. The number of oxazole rings is 1. The van der Waals surface area contributed by atoms with E-state index in [2.05, 4.69) is 4.98 Å². The lowest BCUT2D eigenvalue weighted by molar-refractivity contribution is 0.554. The minimum Gasteiger partial charge on any atom is -0.408 e. The predicted molar refractivity (Wildman–Crippen MR) is 71.4 cm³/mol. The quantitative estimate of drug-likeness (QED) is 0.757. The van der Waals surface area contributed by atoms with Crippen LogP contribution in [0.5, 0.6) is 0 Å². The number of benzene rings is 1. The summed E-state index contributed by atoms with van der Waals surface area (Å²) in [7, 11) is 0. The van der Waals surface area contributed by atoms with Crippen molar-refractivity contribution in [1.82, 2.24) is 9.55 Å². The average Bonchev–Trinajstić information content (AvgIpc) is 2.76. The molecule has 5 heteroatoms. The lowest BCUT2D eigenvalue weighted by Gasteiger charge is -2.09. The highest BCUT2D eigenvalue weighted by atomic mass is 16.4. The Morgan fingerprint density at radius 1 is 1.21 bits per heavy atom. The maximum absolute atomic E-state index is 12.3. The lowest BCUT2D eigenvalue weighted by atomic mass is 10.2.